The van der Waals surface area contributed by atoms with Gasteiger partial charge in [-0.15, -0.1) is 0 Å². The van der Waals surface area contributed by atoms with Crippen LogP contribution in [-0.2, 0) is 6.61 Å². The van der Waals surface area contributed by atoms with Gasteiger partial charge in [-0.25, -0.2) is 4.98 Å². The van der Waals surface area contributed by atoms with Crippen molar-refractivity contribution in [2.45, 2.75) is 6.61 Å². The summed E-state index contributed by atoms with van der Waals surface area (Å²) in [4.78, 5) is 13.7. The monoisotopic (exact) mass is 375 g/mol. The smallest absolute Gasteiger partial charge is 0.229 e. The van der Waals surface area contributed by atoms with Crippen molar-refractivity contribution in [3.05, 3.63) is 72.4 Å². The van der Waals surface area contributed by atoms with Gasteiger partial charge in [0.2, 0.25) is 5.95 Å². The fourth-order valence-corrected chi connectivity index (χ4v) is 3.13. The van der Waals surface area contributed by atoms with E-state index in [4.69, 9.17) is 4.74 Å². The molecule has 0 saturated carbocycles. The largest absolute Gasteiger partial charge is 0.489 e. The highest BCUT2D eigenvalue weighted by Gasteiger charge is 2.15. The Labute approximate surface area is 165 Å². The summed E-state index contributed by atoms with van der Waals surface area (Å²) >= 11 is 0. The van der Waals surface area contributed by atoms with Crippen LogP contribution in [0.25, 0.3) is 0 Å². The molecular formula is C22H25N5O. The molecular weight excluding hydrogens is 350 g/mol. The van der Waals surface area contributed by atoms with Gasteiger partial charge in [-0.2, -0.15) is 4.98 Å². The third kappa shape index (κ3) is 4.78. The minimum atomic E-state index is 0.559. The summed E-state index contributed by atoms with van der Waals surface area (Å²) in [5.41, 5.74) is 2.08. The van der Waals surface area contributed by atoms with E-state index in [1.807, 2.05) is 48.5 Å². The molecule has 0 aliphatic carbocycles. The van der Waals surface area contributed by atoms with E-state index in [9.17, 15) is 0 Å². The molecule has 0 radical (unpaired) electrons. The summed E-state index contributed by atoms with van der Waals surface area (Å²) in [6.45, 7) is 4.64. The van der Waals surface area contributed by atoms with Crippen molar-refractivity contribution < 1.29 is 4.74 Å². The van der Waals surface area contributed by atoms with Gasteiger partial charge in [0.25, 0.3) is 0 Å². The number of likely N-dealkylation sites (N-methyl/N-ethyl adjacent to an activating group) is 1. The highest BCUT2D eigenvalue weighted by molar-refractivity contribution is 5.56. The molecule has 4 rings (SSSR count). The lowest BCUT2D eigenvalue weighted by atomic mass is 10.2. The average molecular weight is 375 g/mol. The molecule has 6 nitrogen and oxygen atoms in total. The highest BCUT2D eigenvalue weighted by Crippen LogP contribution is 2.21. The fraction of sp³-hybridized carbons (Fsp3) is 0.273. The van der Waals surface area contributed by atoms with Gasteiger partial charge in [0.05, 0.1) is 0 Å². The molecule has 3 aromatic rings. The third-order valence-electron chi connectivity index (χ3n) is 4.83. The number of anilines is 3. The van der Waals surface area contributed by atoms with Gasteiger partial charge in [-0.1, -0.05) is 30.3 Å². The van der Waals surface area contributed by atoms with Gasteiger partial charge in [0.1, 0.15) is 18.2 Å². The SMILES string of the molecule is CN1CCN(c2ccnc(Nc3ccc(OCc4ccccc4)cc3)n2)CC1. The Balaban J connectivity index is 1.36. The van der Waals surface area contributed by atoms with E-state index < -0.39 is 0 Å². The molecule has 1 saturated heterocycles. The zero-order valence-electron chi connectivity index (χ0n) is 16.1. The lowest BCUT2D eigenvalue weighted by molar-refractivity contribution is 0.306. The molecule has 6 heteroatoms. The van der Waals surface area contributed by atoms with Crippen molar-refractivity contribution >= 4 is 17.5 Å². The Morgan fingerprint density at radius 2 is 1.68 bits per heavy atom. The number of piperazine rings is 1. The Hall–Kier alpha value is -3.12. The van der Waals surface area contributed by atoms with E-state index in [2.05, 4.69) is 44.3 Å². The fourth-order valence-electron chi connectivity index (χ4n) is 3.13. The van der Waals surface area contributed by atoms with E-state index in [-0.39, 0.29) is 0 Å². The van der Waals surface area contributed by atoms with E-state index >= 15 is 0 Å². The van der Waals surface area contributed by atoms with Gasteiger partial charge in [-0.3, -0.25) is 0 Å². The van der Waals surface area contributed by atoms with Crippen LogP contribution in [0.15, 0.2) is 66.9 Å². The number of nitrogens with one attached hydrogen (secondary N) is 1. The predicted molar refractivity (Wildman–Crippen MR) is 112 cm³/mol. The minimum Gasteiger partial charge on any atom is -0.489 e. The maximum atomic E-state index is 5.83. The number of hydrogen-bond donors (Lipinski definition) is 1. The second-order valence-corrected chi connectivity index (χ2v) is 6.95. The summed E-state index contributed by atoms with van der Waals surface area (Å²) in [5, 5.41) is 3.28. The van der Waals surface area contributed by atoms with E-state index in [0.29, 0.717) is 12.6 Å². The molecule has 0 atom stereocenters. The molecule has 0 unspecified atom stereocenters. The number of nitrogens with zero attached hydrogens (tertiary/aromatic N) is 4. The van der Waals surface area contributed by atoms with Gasteiger partial charge in [0.15, 0.2) is 0 Å². The molecule has 1 aliphatic rings. The lowest BCUT2D eigenvalue weighted by Crippen LogP contribution is -2.44. The second kappa shape index (κ2) is 8.71. The summed E-state index contributed by atoms with van der Waals surface area (Å²) in [6.07, 6.45) is 1.81. The molecule has 0 spiro atoms. The normalized spacial score (nSPS) is 14.7. The Morgan fingerprint density at radius 3 is 2.43 bits per heavy atom. The Morgan fingerprint density at radius 1 is 0.929 bits per heavy atom. The molecule has 2 aromatic carbocycles. The zero-order chi connectivity index (χ0) is 19.2. The molecule has 1 N–H and O–H groups in total. The first-order valence-electron chi connectivity index (χ1n) is 9.57. The standard InChI is InChI=1S/C22H25N5O/c1-26-13-15-27(16-14-26)21-11-12-23-22(25-21)24-19-7-9-20(10-8-19)28-17-18-5-3-2-4-6-18/h2-12H,13-17H2,1H3,(H,23,24,25). The first-order chi connectivity index (χ1) is 13.8. The van der Waals surface area contributed by atoms with Crippen LogP contribution in [0.1, 0.15) is 5.56 Å². The summed E-state index contributed by atoms with van der Waals surface area (Å²) in [7, 11) is 2.15. The molecule has 1 aromatic heterocycles. The molecule has 144 valence electrons. The third-order valence-corrected chi connectivity index (χ3v) is 4.83. The summed E-state index contributed by atoms with van der Waals surface area (Å²) < 4.78 is 5.83. The Bertz CT molecular complexity index is 877. The quantitative estimate of drug-likeness (QED) is 0.711. The van der Waals surface area contributed by atoms with Crippen LogP contribution in [0.2, 0.25) is 0 Å². The van der Waals surface area contributed by atoms with Gasteiger partial charge in [0, 0.05) is 38.1 Å². The van der Waals surface area contributed by atoms with Crippen LogP contribution >= 0.6 is 0 Å². The number of hydrogen-bond acceptors (Lipinski definition) is 6. The molecule has 28 heavy (non-hydrogen) atoms. The number of ether oxygens (including phenoxy) is 1. The summed E-state index contributed by atoms with van der Waals surface area (Å²) in [5.74, 6) is 2.41. The van der Waals surface area contributed by atoms with Crippen molar-refractivity contribution in [1.29, 1.82) is 0 Å². The first-order valence-corrected chi connectivity index (χ1v) is 9.57. The van der Waals surface area contributed by atoms with E-state index in [1.165, 1.54) is 0 Å². The highest BCUT2D eigenvalue weighted by atomic mass is 16.5. The number of benzene rings is 2. The molecule has 0 amide bonds. The van der Waals surface area contributed by atoms with Crippen molar-refractivity contribution in [3.63, 3.8) is 0 Å². The summed E-state index contributed by atoms with van der Waals surface area (Å²) in [6, 6.07) is 20.0. The zero-order valence-corrected chi connectivity index (χ0v) is 16.1. The van der Waals surface area contributed by atoms with Crippen molar-refractivity contribution in [2.24, 2.45) is 0 Å². The van der Waals surface area contributed by atoms with Gasteiger partial charge >= 0.3 is 0 Å². The Kier molecular flexibility index (Phi) is 5.68. The number of rotatable bonds is 6. The van der Waals surface area contributed by atoms with Crippen LogP contribution in [0, 0.1) is 0 Å². The van der Waals surface area contributed by atoms with Crippen molar-refractivity contribution in [2.75, 3.05) is 43.4 Å². The topological polar surface area (TPSA) is 53.5 Å². The van der Waals surface area contributed by atoms with E-state index in [1.54, 1.807) is 6.20 Å². The molecule has 0 bridgehead atoms. The molecule has 1 fully saturated rings. The van der Waals surface area contributed by atoms with Crippen LogP contribution in [0.5, 0.6) is 5.75 Å². The van der Waals surface area contributed by atoms with Gasteiger partial charge in [-0.05, 0) is 42.9 Å². The van der Waals surface area contributed by atoms with Crippen molar-refractivity contribution in [3.8, 4) is 5.75 Å². The van der Waals surface area contributed by atoms with Crippen molar-refractivity contribution in [1.82, 2.24) is 14.9 Å². The maximum Gasteiger partial charge on any atom is 0.229 e. The van der Waals surface area contributed by atoms with E-state index in [0.717, 1.165) is 49.0 Å². The van der Waals surface area contributed by atoms with Crippen LogP contribution in [0.3, 0.4) is 0 Å². The van der Waals surface area contributed by atoms with Crippen LogP contribution in [0.4, 0.5) is 17.5 Å². The first kappa shape index (κ1) is 18.3. The predicted octanol–water partition coefficient (Wildman–Crippen LogP) is 3.55. The molecule has 1 aliphatic heterocycles. The lowest BCUT2D eigenvalue weighted by Gasteiger charge is -2.33. The van der Waals surface area contributed by atoms with Crippen LogP contribution < -0.4 is 15.0 Å². The second-order valence-electron chi connectivity index (χ2n) is 6.95. The van der Waals surface area contributed by atoms with Crippen LogP contribution in [-0.4, -0.2) is 48.1 Å². The maximum absolute atomic E-state index is 5.83. The number of aromatic nitrogens is 2. The molecule has 2 heterocycles. The average Bonchev–Trinajstić information content (AvgIpc) is 2.75. The minimum absolute atomic E-state index is 0.559. The van der Waals surface area contributed by atoms with Gasteiger partial charge < -0.3 is 19.9 Å².